The summed E-state index contributed by atoms with van der Waals surface area (Å²) >= 11 is 0. The van der Waals surface area contributed by atoms with Gasteiger partial charge in [-0.3, -0.25) is 4.90 Å². The van der Waals surface area contributed by atoms with Crippen molar-refractivity contribution in [2.24, 2.45) is 0 Å². The third-order valence-electron chi connectivity index (χ3n) is 2.78. The number of carboxylic acids is 1. The van der Waals surface area contributed by atoms with Crippen LogP contribution in [0.25, 0.3) is 6.08 Å². The van der Waals surface area contributed by atoms with E-state index in [9.17, 15) is 9.18 Å². The molecule has 18 heavy (non-hydrogen) atoms. The molecule has 0 radical (unpaired) electrons. The lowest BCUT2D eigenvalue weighted by Gasteiger charge is -2.21. The maximum Gasteiger partial charge on any atom is 0.328 e. The Kier molecular flexibility index (Phi) is 5.04. The van der Waals surface area contributed by atoms with Crippen LogP contribution in [0.15, 0.2) is 24.3 Å². The van der Waals surface area contributed by atoms with Crippen molar-refractivity contribution in [2.45, 2.75) is 26.4 Å². The summed E-state index contributed by atoms with van der Waals surface area (Å²) in [6.45, 7) is 4.86. The van der Waals surface area contributed by atoms with Gasteiger partial charge in [0.05, 0.1) is 0 Å². The topological polar surface area (TPSA) is 40.5 Å². The lowest BCUT2D eigenvalue weighted by molar-refractivity contribution is -0.131. The monoisotopic (exact) mass is 251 g/mol. The number of hydrogen-bond acceptors (Lipinski definition) is 2. The van der Waals surface area contributed by atoms with E-state index < -0.39 is 11.8 Å². The molecular weight excluding hydrogens is 233 g/mol. The molecule has 0 unspecified atom stereocenters. The first-order chi connectivity index (χ1) is 8.40. The second-order valence-corrected chi connectivity index (χ2v) is 4.54. The van der Waals surface area contributed by atoms with Crippen LogP contribution in [0.5, 0.6) is 0 Å². The quantitative estimate of drug-likeness (QED) is 0.818. The molecule has 0 aliphatic rings. The van der Waals surface area contributed by atoms with Crippen LogP contribution < -0.4 is 0 Å². The maximum atomic E-state index is 13.5. The Bertz CT molecular complexity index is 455. The summed E-state index contributed by atoms with van der Waals surface area (Å²) in [6.07, 6.45) is 2.21. The second-order valence-electron chi connectivity index (χ2n) is 4.54. The van der Waals surface area contributed by atoms with E-state index in [2.05, 4.69) is 18.7 Å². The SMILES string of the molecule is CC(C)N(C)Cc1ccc(F)c(C=CC(=O)O)c1. The highest BCUT2D eigenvalue weighted by atomic mass is 19.1. The highest BCUT2D eigenvalue weighted by Gasteiger charge is 2.06. The van der Waals surface area contributed by atoms with Crippen molar-refractivity contribution in [3.05, 3.63) is 41.2 Å². The number of benzene rings is 1. The smallest absolute Gasteiger partial charge is 0.328 e. The van der Waals surface area contributed by atoms with Crippen LogP contribution in [0.4, 0.5) is 4.39 Å². The van der Waals surface area contributed by atoms with Gasteiger partial charge in [0, 0.05) is 24.2 Å². The van der Waals surface area contributed by atoms with Gasteiger partial charge >= 0.3 is 5.97 Å². The lowest BCUT2D eigenvalue weighted by atomic mass is 10.1. The molecule has 4 heteroatoms. The summed E-state index contributed by atoms with van der Waals surface area (Å²) in [6, 6.07) is 5.15. The van der Waals surface area contributed by atoms with Crippen molar-refractivity contribution in [1.82, 2.24) is 4.90 Å². The minimum Gasteiger partial charge on any atom is -0.478 e. The van der Waals surface area contributed by atoms with E-state index in [1.165, 1.54) is 12.1 Å². The summed E-state index contributed by atoms with van der Waals surface area (Å²) < 4.78 is 13.5. The molecule has 0 amide bonds. The van der Waals surface area contributed by atoms with Crippen molar-refractivity contribution in [3.63, 3.8) is 0 Å². The Morgan fingerprint density at radius 2 is 2.17 bits per heavy atom. The van der Waals surface area contributed by atoms with E-state index in [-0.39, 0.29) is 0 Å². The number of aliphatic carboxylic acids is 1. The van der Waals surface area contributed by atoms with E-state index >= 15 is 0 Å². The number of rotatable bonds is 5. The van der Waals surface area contributed by atoms with Crippen LogP contribution in [-0.2, 0) is 11.3 Å². The summed E-state index contributed by atoms with van der Waals surface area (Å²) in [5, 5.41) is 8.54. The number of hydrogen-bond donors (Lipinski definition) is 1. The van der Waals surface area contributed by atoms with Gasteiger partial charge in [0.1, 0.15) is 5.82 Å². The Morgan fingerprint density at radius 1 is 1.50 bits per heavy atom. The zero-order valence-electron chi connectivity index (χ0n) is 10.9. The van der Waals surface area contributed by atoms with Gasteiger partial charge in [0.25, 0.3) is 0 Å². The predicted octanol–water partition coefficient (Wildman–Crippen LogP) is 2.76. The Labute approximate surface area is 107 Å². The Balaban J connectivity index is 2.90. The standard InChI is InChI=1S/C14H18FNO2/c1-10(2)16(3)9-11-4-6-13(15)12(8-11)5-7-14(17)18/h4-8,10H,9H2,1-3H3,(H,17,18). The molecule has 0 aromatic heterocycles. The molecule has 1 N–H and O–H groups in total. The fraction of sp³-hybridized carbons (Fsp3) is 0.357. The average Bonchev–Trinajstić information content (AvgIpc) is 2.29. The van der Waals surface area contributed by atoms with Crippen molar-refractivity contribution in [2.75, 3.05) is 7.05 Å². The van der Waals surface area contributed by atoms with Crippen LogP contribution in [0, 0.1) is 5.82 Å². The highest BCUT2D eigenvalue weighted by molar-refractivity contribution is 5.85. The molecule has 0 bridgehead atoms. The summed E-state index contributed by atoms with van der Waals surface area (Å²) in [4.78, 5) is 12.5. The minimum absolute atomic E-state index is 0.298. The molecule has 0 aliphatic carbocycles. The number of halogens is 1. The first-order valence-electron chi connectivity index (χ1n) is 5.80. The lowest BCUT2D eigenvalue weighted by Crippen LogP contribution is -2.25. The molecule has 0 saturated heterocycles. The molecule has 0 atom stereocenters. The van der Waals surface area contributed by atoms with Gasteiger partial charge in [0.15, 0.2) is 0 Å². The minimum atomic E-state index is -1.08. The third-order valence-corrected chi connectivity index (χ3v) is 2.78. The molecule has 98 valence electrons. The number of nitrogens with zero attached hydrogens (tertiary/aromatic N) is 1. The summed E-state index contributed by atoms with van der Waals surface area (Å²) in [5.41, 5.74) is 1.25. The third kappa shape index (κ3) is 4.30. The maximum absolute atomic E-state index is 13.5. The number of carboxylic acid groups (broad SMARTS) is 1. The van der Waals surface area contributed by atoms with Crippen LogP contribution in [-0.4, -0.2) is 29.1 Å². The molecule has 1 rings (SSSR count). The predicted molar refractivity (Wildman–Crippen MR) is 69.7 cm³/mol. The van der Waals surface area contributed by atoms with Crippen LogP contribution in [0.2, 0.25) is 0 Å². The van der Waals surface area contributed by atoms with Crippen LogP contribution in [0.1, 0.15) is 25.0 Å². The van der Waals surface area contributed by atoms with Crippen LogP contribution in [0.3, 0.4) is 0 Å². The van der Waals surface area contributed by atoms with Gasteiger partial charge < -0.3 is 5.11 Å². The number of carbonyl (C=O) groups is 1. The van der Waals surface area contributed by atoms with Crippen molar-refractivity contribution in [1.29, 1.82) is 0 Å². The summed E-state index contributed by atoms with van der Waals surface area (Å²) in [7, 11) is 1.99. The largest absolute Gasteiger partial charge is 0.478 e. The van der Waals surface area contributed by atoms with E-state index in [0.29, 0.717) is 18.2 Å². The zero-order chi connectivity index (χ0) is 13.7. The molecule has 0 aliphatic heterocycles. The van der Waals surface area contributed by atoms with E-state index in [0.717, 1.165) is 11.6 Å². The van der Waals surface area contributed by atoms with Crippen molar-refractivity contribution < 1.29 is 14.3 Å². The Hall–Kier alpha value is -1.68. The average molecular weight is 251 g/mol. The molecule has 0 fully saturated rings. The summed E-state index contributed by atoms with van der Waals surface area (Å²) in [5.74, 6) is -1.50. The highest BCUT2D eigenvalue weighted by Crippen LogP contribution is 2.14. The van der Waals surface area contributed by atoms with Gasteiger partial charge in [0.2, 0.25) is 0 Å². The molecule has 0 saturated carbocycles. The fourth-order valence-electron chi connectivity index (χ4n) is 1.45. The van der Waals surface area contributed by atoms with Gasteiger partial charge in [-0.2, -0.15) is 0 Å². The second kappa shape index (κ2) is 6.31. The van der Waals surface area contributed by atoms with E-state index in [1.54, 1.807) is 12.1 Å². The fourth-order valence-corrected chi connectivity index (χ4v) is 1.45. The molecule has 0 spiro atoms. The van der Waals surface area contributed by atoms with Crippen LogP contribution >= 0.6 is 0 Å². The molecule has 0 heterocycles. The molecular formula is C14H18FNO2. The van der Waals surface area contributed by atoms with Gasteiger partial charge in [-0.05, 0) is 44.7 Å². The van der Waals surface area contributed by atoms with Gasteiger partial charge in [-0.15, -0.1) is 0 Å². The molecule has 1 aromatic carbocycles. The first kappa shape index (κ1) is 14.4. The normalized spacial score (nSPS) is 11.7. The first-order valence-corrected chi connectivity index (χ1v) is 5.80. The van der Waals surface area contributed by atoms with E-state index in [4.69, 9.17) is 5.11 Å². The molecule has 1 aromatic rings. The zero-order valence-corrected chi connectivity index (χ0v) is 10.9. The van der Waals surface area contributed by atoms with Crippen molar-refractivity contribution in [3.8, 4) is 0 Å². The molecule has 3 nitrogen and oxygen atoms in total. The van der Waals surface area contributed by atoms with E-state index in [1.807, 2.05) is 7.05 Å². The van der Waals surface area contributed by atoms with Gasteiger partial charge in [-0.1, -0.05) is 6.07 Å². The Morgan fingerprint density at radius 3 is 2.72 bits per heavy atom. The van der Waals surface area contributed by atoms with Crippen molar-refractivity contribution >= 4 is 12.0 Å². The van der Waals surface area contributed by atoms with Gasteiger partial charge in [-0.25, -0.2) is 9.18 Å².